The maximum atomic E-state index is 10.1. The van der Waals surface area contributed by atoms with Crippen molar-refractivity contribution in [2.45, 2.75) is 18.1 Å². The molecule has 0 aromatic heterocycles. The zero-order valence-electron chi connectivity index (χ0n) is 8.35. The van der Waals surface area contributed by atoms with E-state index < -0.39 is 5.72 Å². The van der Waals surface area contributed by atoms with E-state index in [0.29, 0.717) is 0 Å². The molecule has 2 nitrogen and oxygen atoms in total. The Morgan fingerprint density at radius 2 is 2.13 bits per heavy atom. The van der Waals surface area contributed by atoms with Crippen molar-refractivity contribution in [3.8, 4) is 0 Å². The number of hydrogen-bond donors (Lipinski definition) is 2. The third-order valence-corrected chi connectivity index (χ3v) is 3.12. The number of hydrogen-bond acceptors (Lipinski definition) is 2. The lowest BCUT2D eigenvalue weighted by atomic mass is 10.0. The van der Waals surface area contributed by atoms with Gasteiger partial charge in [-0.25, -0.2) is 0 Å². The normalized spacial score (nSPS) is 31.7. The summed E-state index contributed by atoms with van der Waals surface area (Å²) < 4.78 is 0. The van der Waals surface area contributed by atoms with Gasteiger partial charge in [0.05, 0.1) is 0 Å². The van der Waals surface area contributed by atoms with Gasteiger partial charge in [0.1, 0.15) is 5.72 Å². The average molecular weight is 199 g/mol. The molecular weight excluding hydrogens is 186 g/mol. The van der Waals surface area contributed by atoms with Gasteiger partial charge in [-0.1, -0.05) is 36.4 Å². The van der Waals surface area contributed by atoms with Crippen LogP contribution in [0.15, 0.2) is 42.6 Å². The van der Waals surface area contributed by atoms with Crippen LogP contribution in [0, 0.1) is 0 Å². The van der Waals surface area contributed by atoms with E-state index in [0.717, 1.165) is 6.42 Å². The largest absolute Gasteiger partial charge is 0.370 e. The van der Waals surface area contributed by atoms with Gasteiger partial charge < -0.3 is 10.4 Å². The van der Waals surface area contributed by atoms with Gasteiger partial charge in [-0.15, -0.1) is 0 Å². The fourth-order valence-electron chi connectivity index (χ4n) is 2.17. The van der Waals surface area contributed by atoms with Crippen LogP contribution in [0.1, 0.15) is 23.5 Å². The second-order valence-corrected chi connectivity index (χ2v) is 4.17. The summed E-state index contributed by atoms with van der Waals surface area (Å²) in [5.74, 6) is 0.223. The molecule has 2 N–H and O–H groups in total. The second kappa shape index (κ2) is 2.97. The average Bonchev–Trinajstić information content (AvgIpc) is 2.90. The SMILES string of the molecule is OC12CC1c1ccccc1C=CC=CN2. The highest BCUT2D eigenvalue weighted by Gasteiger charge is 2.54. The molecule has 0 amide bonds. The first kappa shape index (κ1) is 8.74. The fraction of sp³-hybridized carbons (Fsp3) is 0.231. The Bertz CT molecular complexity index is 450. The monoisotopic (exact) mass is 199 g/mol. The van der Waals surface area contributed by atoms with Crippen LogP contribution in [0.3, 0.4) is 0 Å². The van der Waals surface area contributed by atoms with Gasteiger partial charge in [-0.05, 0) is 23.4 Å². The molecular formula is C13H13NO. The van der Waals surface area contributed by atoms with E-state index in [9.17, 15) is 5.11 Å². The quantitative estimate of drug-likeness (QED) is 0.669. The van der Waals surface area contributed by atoms with Crippen LogP contribution in [-0.4, -0.2) is 10.8 Å². The van der Waals surface area contributed by atoms with Crippen molar-refractivity contribution in [1.82, 2.24) is 5.32 Å². The standard InChI is InChI=1S/C13H13NO/c15-13-9-12(13)11-7-2-1-5-10(11)6-3-4-8-14-13/h1-8,12,14-15H,9H2. The minimum atomic E-state index is -0.724. The molecule has 1 aromatic rings. The Hall–Kier alpha value is -1.54. The molecule has 2 unspecified atom stereocenters. The summed E-state index contributed by atoms with van der Waals surface area (Å²) >= 11 is 0. The number of allylic oxidation sites excluding steroid dienone is 2. The Kier molecular flexibility index (Phi) is 1.73. The van der Waals surface area contributed by atoms with E-state index in [1.165, 1.54) is 11.1 Å². The molecule has 1 aromatic carbocycles. The molecule has 2 aliphatic rings. The lowest BCUT2D eigenvalue weighted by molar-refractivity contribution is 0.121. The maximum absolute atomic E-state index is 10.1. The topological polar surface area (TPSA) is 32.3 Å². The summed E-state index contributed by atoms with van der Waals surface area (Å²) in [5, 5.41) is 13.2. The number of rotatable bonds is 0. The number of aliphatic hydroxyl groups is 1. The summed E-state index contributed by atoms with van der Waals surface area (Å²) in [6, 6.07) is 8.23. The first-order valence-electron chi connectivity index (χ1n) is 5.22. The van der Waals surface area contributed by atoms with Crippen molar-refractivity contribution >= 4 is 6.08 Å². The molecule has 2 atom stereocenters. The lowest BCUT2D eigenvalue weighted by Crippen LogP contribution is -2.27. The molecule has 3 rings (SSSR count). The van der Waals surface area contributed by atoms with E-state index >= 15 is 0 Å². The summed E-state index contributed by atoms with van der Waals surface area (Å²) in [4.78, 5) is 0. The van der Waals surface area contributed by atoms with Crippen molar-refractivity contribution in [3.05, 3.63) is 53.7 Å². The first-order chi connectivity index (χ1) is 7.30. The van der Waals surface area contributed by atoms with Gasteiger partial charge in [0.15, 0.2) is 0 Å². The zero-order chi connectivity index (χ0) is 10.3. The minimum Gasteiger partial charge on any atom is -0.370 e. The highest BCUT2D eigenvalue weighted by molar-refractivity contribution is 5.58. The number of fused-ring (bicyclic) bond motifs is 3. The van der Waals surface area contributed by atoms with Gasteiger partial charge in [0, 0.05) is 12.3 Å². The van der Waals surface area contributed by atoms with Gasteiger partial charge >= 0.3 is 0 Å². The Morgan fingerprint density at radius 1 is 1.27 bits per heavy atom. The van der Waals surface area contributed by atoms with Crippen molar-refractivity contribution < 1.29 is 5.11 Å². The van der Waals surface area contributed by atoms with Gasteiger partial charge in [0.2, 0.25) is 0 Å². The Labute approximate surface area is 88.9 Å². The van der Waals surface area contributed by atoms with Crippen LogP contribution in [-0.2, 0) is 0 Å². The zero-order valence-corrected chi connectivity index (χ0v) is 8.35. The molecule has 2 heteroatoms. The minimum absolute atomic E-state index is 0.223. The molecule has 1 aliphatic carbocycles. The second-order valence-electron chi connectivity index (χ2n) is 4.17. The Morgan fingerprint density at radius 3 is 3.07 bits per heavy atom. The summed E-state index contributed by atoms with van der Waals surface area (Å²) in [7, 11) is 0. The van der Waals surface area contributed by atoms with E-state index in [1.54, 1.807) is 0 Å². The predicted molar refractivity (Wildman–Crippen MR) is 60.1 cm³/mol. The Balaban J connectivity index is 2.10. The smallest absolute Gasteiger partial charge is 0.142 e. The van der Waals surface area contributed by atoms with Gasteiger partial charge in [-0.2, -0.15) is 0 Å². The van der Waals surface area contributed by atoms with E-state index in [1.807, 2.05) is 30.5 Å². The van der Waals surface area contributed by atoms with Crippen molar-refractivity contribution in [2.24, 2.45) is 0 Å². The first-order valence-corrected chi connectivity index (χ1v) is 5.22. The molecule has 1 heterocycles. The molecule has 0 spiro atoms. The van der Waals surface area contributed by atoms with Crippen LogP contribution in [0.25, 0.3) is 6.08 Å². The van der Waals surface area contributed by atoms with E-state index in [4.69, 9.17) is 0 Å². The summed E-state index contributed by atoms with van der Waals surface area (Å²) in [6.45, 7) is 0. The maximum Gasteiger partial charge on any atom is 0.142 e. The summed E-state index contributed by atoms with van der Waals surface area (Å²) in [6.07, 6.45) is 8.58. The van der Waals surface area contributed by atoms with Crippen LogP contribution in [0.2, 0.25) is 0 Å². The van der Waals surface area contributed by atoms with Gasteiger partial charge in [-0.3, -0.25) is 0 Å². The van der Waals surface area contributed by atoms with Crippen molar-refractivity contribution in [3.63, 3.8) is 0 Å². The lowest BCUT2D eigenvalue weighted by Gasteiger charge is -2.11. The number of nitrogens with one attached hydrogen (secondary N) is 1. The third-order valence-electron chi connectivity index (χ3n) is 3.12. The van der Waals surface area contributed by atoms with Crippen molar-refractivity contribution in [1.29, 1.82) is 0 Å². The van der Waals surface area contributed by atoms with E-state index in [-0.39, 0.29) is 5.92 Å². The molecule has 76 valence electrons. The van der Waals surface area contributed by atoms with Crippen LogP contribution in [0.4, 0.5) is 0 Å². The highest BCUT2D eigenvalue weighted by Crippen LogP contribution is 2.50. The number of benzene rings is 1. The highest BCUT2D eigenvalue weighted by atomic mass is 16.3. The van der Waals surface area contributed by atoms with E-state index in [2.05, 4.69) is 23.5 Å². The van der Waals surface area contributed by atoms with Crippen molar-refractivity contribution in [2.75, 3.05) is 0 Å². The molecule has 1 fully saturated rings. The van der Waals surface area contributed by atoms with Gasteiger partial charge in [0.25, 0.3) is 0 Å². The third kappa shape index (κ3) is 1.38. The fourth-order valence-corrected chi connectivity index (χ4v) is 2.17. The molecule has 0 bridgehead atoms. The van der Waals surface area contributed by atoms with Crippen LogP contribution >= 0.6 is 0 Å². The molecule has 0 saturated heterocycles. The van der Waals surface area contributed by atoms with Crippen LogP contribution < -0.4 is 5.32 Å². The molecule has 1 saturated carbocycles. The predicted octanol–water partition coefficient (Wildman–Crippen LogP) is 1.99. The molecule has 15 heavy (non-hydrogen) atoms. The summed E-state index contributed by atoms with van der Waals surface area (Å²) in [5.41, 5.74) is 1.71. The van der Waals surface area contributed by atoms with Crippen LogP contribution in [0.5, 0.6) is 0 Å². The molecule has 1 aliphatic heterocycles. The molecule has 0 radical (unpaired) electrons.